The van der Waals surface area contributed by atoms with Crippen LogP contribution < -0.4 is 11.1 Å². The Labute approximate surface area is 150 Å². The number of hydrogen-bond acceptors (Lipinski definition) is 4. The van der Waals surface area contributed by atoms with Crippen molar-refractivity contribution in [3.63, 3.8) is 0 Å². The number of benzene rings is 1. The number of allylic oxidation sites excluding steroid dienone is 2. The van der Waals surface area contributed by atoms with E-state index >= 15 is 0 Å². The number of aliphatic imine (C=N–C) groups is 1. The molecule has 0 bridgehead atoms. The average molecular weight is 344 g/mol. The zero-order valence-corrected chi connectivity index (χ0v) is 15.3. The van der Waals surface area contributed by atoms with Crippen LogP contribution in [0, 0.1) is 11.7 Å². The molecule has 0 atom stereocenters. The van der Waals surface area contributed by atoms with Gasteiger partial charge in [0.05, 0.1) is 17.1 Å². The number of nitrogens with one attached hydrogen (secondary N) is 1. The Bertz CT molecular complexity index is 670. The third-order valence-corrected chi connectivity index (χ3v) is 5.33. The maximum absolute atomic E-state index is 13.5. The summed E-state index contributed by atoms with van der Waals surface area (Å²) in [7, 11) is 0. The van der Waals surface area contributed by atoms with Gasteiger partial charge in [0.1, 0.15) is 5.82 Å². The SMILES string of the molecule is CCN(CC)/C(C1=Nc2ccc(F)cc2CC1)=C(/N)C1CCNCC1. The molecule has 1 aromatic carbocycles. The highest BCUT2D eigenvalue weighted by Crippen LogP contribution is 2.31. The summed E-state index contributed by atoms with van der Waals surface area (Å²) in [6.07, 6.45) is 3.78. The van der Waals surface area contributed by atoms with Gasteiger partial charge in [-0.2, -0.15) is 0 Å². The maximum Gasteiger partial charge on any atom is 0.123 e. The van der Waals surface area contributed by atoms with Crippen LogP contribution in [0.1, 0.15) is 38.7 Å². The van der Waals surface area contributed by atoms with E-state index in [4.69, 9.17) is 10.7 Å². The van der Waals surface area contributed by atoms with E-state index in [-0.39, 0.29) is 5.82 Å². The van der Waals surface area contributed by atoms with Gasteiger partial charge >= 0.3 is 0 Å². The van der Waals surface area contributed by atoms with Crippen molar-refractivity contribution in [1.29, 1.82) is 0 Å². The van der Waals surface area contributed by atoms with Crippen molar-refractivity contribution in [2.45, 2.75) is 39.5 Å². The number of nitrogens with two attached hydrogens (primary N) is 1. The molecule has 3 rings (SSSR count). The molecule has 25 heavy (non-hydrogen) atoms. The molecule has 0 unspecified atom stereocenters. The number of piperidine rings is 1. The van der Waals surface area contributed by atoms with Gasteiger partial charge < -0.3 is 16.0 Å². The molecule has 1 saturated heterocycles. The Kier molecular flexibility index (Phi) is 5.74. The lowest BCUT2D eigenvalue weighted by molar-refractivity contribution is 0.368. The van der Waals surface area contributed by atoms with E-state index in [1.807, 2.05) is 0 Å². The highest BCUT2D eigenvalue weighted by atomic mass is 19.1. The van der Waals surface area contributed by atoms with E-state index in [1.165, 1.54) is 6.07 Å². The molecule has 0 amide bonds. The van der Waals surface area contributed by atoms with Crippen molar-refractivity contribution in [3.8, 4) is 0 Å². The zero-order chi connectivity index (χ0) is 17.8. The molecule has 2 aliphatic rings. The lowest BCUT2D eigenvalue weighted by atomic mass is 9.90. The van der Waals surface area contributed by atoms with Crippen molar-refractivity contribution >= 4 is 11.4 Å². The molecule has 5 heteroatoms. The van der Waals surface area contributed by atoms with Gasteiger partial charge in [0, 0.05) is 24.7 Å². The summed E-state index contributed by atoms with van der Waals surface area (Å²) in [6.45, 7) is 8.17. The first-order chi connectivity index (χ1) is 12.1. The molecule has 136 valence electrons. The number of fused-ring (bicyclic) bond motifs is 1. The van der Waals surface area contributed by atoms with E-state index < -0.39 is 0 Å². The van der Waals surface area contributed by atoms with Crippen LogP contribution in [0.3, 0.4) is 0 Å². The van der Waals surface area contributed by atoms with E-state index in [0.717, 1.165) is 80.2 Å². The molecule has 2 heterocycles. The number of rotatable bonds is 5. The largest absolute Gasteiger partial charge is 0.400 e. The quantitative estimate of drug-likeness (QED) is 0.861. The number of aryl methyl sites for hydroxylation is 1. The van der Waals surface area contributed by atoms with E-state index in [9.17, 15) is 4.39 Å². The predicted octanol–water partition coefficient (Wildman–Crippen LogP) is 3.36. The summed E-state index contributed by atoms with van der Waals surface area (Å²) in [5.74, 6) is 0.222. The zero-order valence-electron chi connectivity index (χ0n) is 15.3. The normalized spacial score (nSPS) is 19.1. The second-order valence-electron chi connectivity index (χ2n) is 6.83. The summed E-state index contributed by atoms with van der Waals surface area (Å²) in [5.41, 5.74) is 11.7. The first-order valence-corrected chi connectivity index (χ1v) is 9.45. The molecule has 3 N–H and O–H groups in total. The lowest BCUT2D eigenvalue weighted by Crippen LogP contribution is -2.36. The number of nitrogens with zero attached hydrogens (tertiary/aromatic N) is 2. The van der Waals surface area contributed by atoms with Crippen molar-refractivity contribution < 1.29 is 4.39 Å². The van der Waals surface area contributed by atoms with E-state index in [1.54, 1.807) is 12.1 Å². The van der Waals surface area contributed by atoms with Gasteiger partial charge in [-0.3, -0.25) is 4.99 Å². The highest BCUT2D eigenvalue weighted by Gasteiger charge is 2.26. The molecule has 4 nitrogen and oxygen atoms in total. The van der Waals surface area contributed by atoms with Gasteiger partial charge in [0.15, 0.2) is 0 Å². The smallest absolute Gasteiger partial charge is 0.123 e. The van der Waals surface area contributed by atoms with Gasteiger partial charge in [0.25, 0.3) is 0 Å². The Morgan fingerprint density at radius 2 is 1.96 bits per heavy atom. The molecule has 0 radical (unpaired) electrons. The van der Waals surface area contributed by atoms with Crippen LogP contribution in [0.25, 0.3) is 0 Å². The standard InChI is InChI=1S/C20H29FN4/c1-3-25(4-2)20(19(22)14-9-11-23-12-10-14)18-7-5-15-13-16(21)6-8-17(15)24-18/h6,8,13-14,23H,3-5,7,9-12,22H2,1-2H3/b20-19+. The topological polar surface area (TPSA) is 53.6 Å². The van der Waals surface area contributed by atoms with Crippen LogP contribution in [0.2, 0.25) is 0 Å². The van der Waals surface area contributed by atoms with Gasteiger partial charge in [-0.05, 0) is 76.4 Å². The molecule has 0 aromatic heterocycles. The molecule has 1 aromatic rings. The Morgan fingerprint density at radius 3 is 2.64 bits per heavy atom. The Balaban J connectivity index is 2.01. The summed E-state index contributed by atoms with van der Waals surface area (Å²) in [4.78, 5) is 7.20. The highest BCUT2D eigenvalue weighted by molar-refractivity contribution is 6.03. The lowest BCUT2D eigenvalue weighted by Gasteiger charge is -2.32. The fourth-order valence-corrected chi connectivity index (χ4v) is 3.89. The monoisotopic (exact) mass is 344 g/mol. The summed E-state index contributed by atoms with van der Waals surface area (Å²) < 4.78 is 13.5. The molecule has 2 aliphatic heterocycles. The minimum Gasteiger partial charge on any atom is -0.400 e. The minimum absolute atomic E-state index is 0.189. The number of hydrogen-bond donors (Lipinski definition) is 2. The van der Waals surface area contributed by atoms with Crippen LogP contribution in [-0.2, 0) is 6.42 Å². The molecule has 0 aliphatic carbocycles. The molecule has 0 saturated carbocycles. The van der Waals surface area contributed by atoms with Gasteiger partial charge in [-0.1, -0.05) is 0 Å². The van der Waals surface area contributed by atoms with Crippen molar-refractivity contribution in [2.75, 3.05) is 26.2 Å². The first-order valence-electron chi connectivity index (χ1n) is 9.45. The second kappa shape index (κ2) is 8.00. The molecular weight excluding hydrogens is 315 g/mol. The van der Waals surface area contributed by atoms with Crippen LogP contribution in [0.15, 0.2) is 34.6 Å². The second-order valence-corrected chi connectivity index (χ2v) is 6.83. The molecule has 1 fully saturated rings. The van der Waals surface area contributed by atoms with E-state index in [0.29, 0.717) is 5.92 Å². The van der Waals surface area contributed by atoms with Gasteiger partial charge in [-0.15, -0.1) is 0 Å². The minimum atomic E-state index is -0.189. The fraction of sp³-hybridized carbons (Fsp3) is 0.550. The molecular formula is C20H29FN4. The van der Waals surface area contributed by atoms with Crippen LogP contribution >= 0.6 is 0 Å². The molecule has 0 spiro atoms. The summed E-state index contributed by atoms with van der Waals surface area (Å²) >= 11 is 0. The van der Waals surface area contributed by atoms with Crippen LogP contribution in [0.4, 0.5) is 10.1 Å². The Morgan fingerprint density at radius 1 is 1.24 bits per heavy atom. The van der Waals surface area contributed by atoms with Crippen molar-refractivity contribution in [1.82, 2.24) is 10.2 Å². The summed E-state index contributed by atoms with van der Waals surface area (Å²) in [5, 5.41) is 3.41. The number of halogens is 1. The van der Waals surface area contributed by atoms with Crippen molar-refractivity contribution in [2.24, 2.45) is 16.6 Å². The first kappa shape index (κ1) is 17.9. The van der Waals surface area contributed by atoms with Crippen LogP contribution in [0.5, 0.6) is 0 Å². The predicted molar refractivity (Wildman–Crippen MR) is 102 cm³/mol. The van der Waals surface area contributed by atoms with Crippen LogP contribution in [-0.4, -0.2) is 36.8 Å². The Hall–Kier alpha value is -1.88. The fourth-order valence-electron chi connectivity index (χ4n) is 3.89. The summed E-state index contributed by atoms with van der Waals surface area (Å²) in [6, 6.07) is 4.87. The van der Waals surface area contributed by atoms with Crippen molar-refractivity contribution in [3.05, 3.63) is 41.0 Å². The maximum atomic E-state index is 13.5. The average Bonchev–Trinajstić information content (AvgIpc) is 2.66. The third-order valence-electron chi connectivity index (χ3n) is 5.33. The third kappa shape index (κ3) is 3.87. The van der Waals surface area contributed by atoms with Gasteiger partial charge in [-0.25, -0.2) is 4.39 Å². The van der Waals surface area contributed by atoms with E-state index in [2.05, 4.69) is 24.1 Å². The van der Waals surface area contributed by atoms with Gasteiger partial charge in [0.2, 0.25) is 0 Å².